The van der Waals surface area contributed by atoms with Crippen LogP contribution >= 0.6 is 0 Å². The van der Waals surface area contributed by atoms with Gasteiger partial charge in [-0.3, -0.25) is 9.89 Å². The third kappa shape index (κ3) is 2.14. The molecule has 2 aromatic rings. The van der Waals surface area contributed by atoms with Crippen LogP contribution in [0.4, 0.5) is 5.69 Å². The van der Waals surface area contributed by atoms with Gasteiger partial charge >= 0.3 is 0 Å². The average molecular weight is 232 g/mol. The molecule has 17 heavy (non-hydrogen) atoms. The van der Waals surface area contributed by atoms with Gasteiger partial charge in [-0.25, -0.2) is 0 Å². The van der Waals surface area contributed by atoms with Crippen LogP contribution in [0.5, 0.6) is 0 Å². The molecule has 1 unspecified atom stereocenters. The molecule has 0 saturated heterocycles. The predicted octanol–water partition coefficient (Wildman–Crippen LogP) is 1.40. The van der Waals surface area contributed by atoms with Gasteiger partial charge in [-0.05, 0) is 18.6 Å². The molecule has 2 rings (SSSR count). The van der Waals surface area contributed by atoms with Crippen molar-refractivity contribution in [1.29, 1.82) is 0 Å². The number of nitrogens with one attached hydrogen (secondary N) is 2. The molecule has 1 amide bonds. The lowest BCUT2D eigenvalue weighted by molar-refractivity contribution is -0.119. The minimum Gasteiger partial charge on any atom is -0.330 e. The summed E-state index contributed by atoms with van der Waals surface area (Å²) in [7, 11) is 0. The molecule has 0 aliphatic rings. The largest absolute Gasteiger partial charge is 0.330 e. The van der Waals surface area contributed by atoms with E-state index in [0.29, 0.717) is 6.54 Å². The SMILES string of the molecule is Cc1ccc(NC(=O)C(C)CN)c2[nH]ncc12. The summed E-state index contributed by atoms with van der Waals surface area (Å²) in [5, 5.41) is 10.8. The van der Waals surface area contributed by atoms with E-state index in [4.69, 9.17) is 5.73 Å². The Kier molecular flexibility index (Phi) is 3.10. The van der Waals surface area contributed by atoms with Gasteiger partial charge < -0.3 is 11.1 Å². The topological polar surface area (TPSA) is 83.8 Å². The van der Waals surface area contributed by atoms with Gasteiger partial charge in [0.1, 0.15) is 0 Å². The summed E-state index contributed by atoms with van der Waals surface area (Å²) < 4.78 is 0. The molecule has 1 aromatic carbocycles. The predicted molar refractivity (Wildman–Crippen MR) is 67.7 cm³/mol. The Labute approximate surface area is 99.4 Å². The van der Waals surface area contributed by atoms with Crippen molar-refractivity contribution >= 4 is 22.5 Å². The number of nitrogens with two attached hydrogens (primary N) is 1. The van der Waals surface area contributed by atoms with Crippen LogP contribution in [0.25, 0.3) is 10.9 Å². The third-order valence-corrected chi connectivity index (χ3v) is 2.89. The maximum absolute atomic E-state index is 11.8. The summed E-state index contributed by atoms with van der Waals surface area (Å²) in [5.41, 5.74) is 8.18. The fraction of sp³-hybridized carbons (Fsp3) is 0.333. The van der Waals surface area contributed by atoms with Crippen molar-refractivity contribution in [2.45, 2.75) is 13.8 Å². The standard InChI is InChI=1S/C12H16N4O/c1-7-3-4-10(11-9(7)6-14-16-11)15-12(17)8(2)5-13/h3-4,6,8H,5,13H2,1-2H3,(H,14,16)(H,15,17). The Bertz CT molecular complexity index is 546. The molecule has 0 spiro atoms. The second-order valence-corrected chi connectivity index (χ2v) is 4.21. The zero-order chi connectivity index (χ0) is 12.4. The highest BCUT2D eigenvalue weighted by atomic mass is 16.1. The Hall–Kier alpha value is -1.88. The molecule has 0 fully saturated rings. The molecule has 0 aliphatic heterocycles. The Morgan fingerprint density at radius 2 is 2.35 bits per heavy atom. The number of amides is 1. The maximum Gasteiger partial charge on any atom is 0.228 e. The third-order valence-electron chi connectivity index (χ3n) is 2.89. The highest BCUT2D eigenvalue weighted by molar-refractivity contribution is 6.01. The van der Waals surface area contributed by atoms with Crippen LogP contribution in [0.3, 0.4) is 0 Å². The number of anilines is 1. The van der Waals surface area contributed by atoms with Gasteiger partial charge in [-0.15, -0.1) is 0 Å². The van der Waals surface area contributed by atoms with Gasteiger partial charge in [0.15, 0.2) is 0 Å². The van der Waals surface area contributed by atoms with Crippen LogP contribution in [-0.4, -0.2) is 22.6 Å². The summed E-state index contributed by atoms with van der Waals surface area (Å²) in [4.78, 5) is 11.8. The number of hydrogen-bond acceptors (Lipinski definition) is 3. The van der Waals surface area contributed by atoms with Gasteiger partial charge in [0.05, 0.1) is 17.4 Å². The number of hydrogen-bond donors (Lipinski definition) is 3. The normalized spacial score (nSPS) is 12.6. The quantitative estimate of drug-likeness (QED) is 0.748. The smallest absolute Gasteiger partial charge is 0.228 e. The van der Waals surface area contributed by atoms with Gasteiger partial charge in [0.25, 0.3) is 0 Å². The minimum absolute atomic E-state index is 0.0766. The second-order valence-electron chi connectivity index (χ2n) is 4.21. The van der Waals surface area contributed by atoms with Crippen LogP contribution in [0, 0.1) is 12.8 Å². The van der Waals surface area contributed by atoms with Gasteiger partial charge in [0.2, 0.25) is 5.91 Å². The fourth-order valence-corrected chi connectivity index (χ4v) is 1.64. The number of aromatic nitrogens is 2. The van der Waals surface area contributed by atoms with Gasteiger partial charge in [-0.1, -0.05) is 13.0 Å². The van der Waals surface area contributed by atoms with E-state index < -0.39 is 0 Å². The van der Waals surface area contributed by atoms with Crippen LogP contribution in [0.1, 0.15) is 12.5 Å². The van der Waals surface area contributed by atoms with E-state index in [0.717, 1.165) is 22.2 Å². The van der Waals surface area contributed by atoms with Crippen LogP contribution in [-0.2, 0) is 4.79 Å². The van der Waals surface area contributed by atoms with Crippen molar-refractivity contribution in [3.63, 3.8) is 0 Å². The van der Waals surface area contributed by atoms with Crippen molar-refractivity contribution in [3.05, 3.63) is 23.9 Å². The molecule has 5 nitrogen and oxygen atoms in total. The molecule has 0 radical (unpaired) electrons. The molecule has 0 saturated carbocycles. The average Bonchev–Trinajstić information content (AvgIpc) is 2.81. The van der Waals surface area contributed by atoms with E-state index in [-0.39, 0.29) is 11.8 Å². The van der Waals surface area contributed by atoms with E-state index in [2.05, 4.69) is 15.5 Å². The summed E-state index contributed by atoms with van der Waals surface area (Å²) in [6.45, 7) is 4.14. The lowest BCUT2D eigenvalue weighted by Crippen LogP contribution is -2.26. The highest BCUT2D eigenvalue weighted by Crippen LogP contribution is 2.24. The lowest BCUT2D eigenvalue weighted by atomic mass is 10.1. The number of H-pyrrole nitrogens is 1. The van der Waals surface area contributed by atoms with E-state index in [1.54, 1.807) is 13.1 Å². The number of fused-ring (bicyclic) bond motifs is 1. The molecule has 1 atom stereocenters. The van der Waals surface area contributed by atoms with Crippen molar-refractivity contribution in [2.24, 2.45) is 11.7 Å². The number of aromatic amines is 1. The van der Waals surface area contributed by atoms with Crippen molar-refractivity contribution in [1.82, 2.24) is 10.2 Å². The Morgan fingerprint density at radius 3 is 3.06 bits per heavy atom. The molecule has 1 heterocycles. The highest BCUT2D eigenvalue weighted by Gasteiger charge is 2.13. The number of carbonyl (C=O) groups excluding carboxylic acids is 1. The zero-order valence-electron chi connectivity index (χ0n) is 9.95. The van der Waals surface area contributed by atoms with Gasteiger partial charge in [0, 0.05) is 17.8 Å². The van der Waals surface area contributed by atoms with Crippen LogP contribution < -0.4 is 11.1 Å². The Morgan fingerprint density at radius 1 is 1.59 bits per heavy atom. The van der Waals surface area contributed by atoms with Crippen molar-refractivity contribution in [3.8, 4) is 0 Å². The van der Waals surface area contributed by atoms with E-state index >= 15 is 0 Å². The molecule has 0 aliphatic carbocycles. The summed E-state index contributed by atoms with van der Waals surface area (Å²) in [6, 6.07) is 3.83. The molecule has 4 N–H and O–H groups in total. The number of benzene rings is 1. The first-order valence-electron chi connectivity index (χ1n) is 5.57. The number of carbonyl (C=O) groups is 1. The van der Waals surface area contributed by atoms with E-state index in [1.165, 1.54) is 0 Å². The number of rotatable bonds is 3. The monoisotopic (exact) mass is 232 g/mol. The molecular formula is C12H16N4O. The second kappa shape index (κ2) is 4.55. The van der Waals surface area contributed by atoms with Crippen molar-refractivity contribution in [2.75, 3.05) is 11.9 Å². The molecule has 0 bridgehead atoms. The van der Waals surface area contributed by atoms with Crippen LogP contribution in [0.2, 0.25) is 0 Å². The first kappa shape index (κ1) is 11.6. The minimum atomic E-state index is -0.200. The molecule has 1 aromatic heterocycles. The Balaban J connectivity index is 2.34. The van der Waals surface area contributed by atoms with E-state index in [9.17, 15) is 4.79 Å². The zero-order valence-corrected chi connectivity index (χ0v) is 9.95. The fourth-order valence-electron chi connectivity index (χ4n) is 1.64. The molecule has 90 valence electrons. The first-order chi connectivity index (χ1) is 8.13. The van der Waals surface area contributed by atoms with Gasteiger partial charge in [-0.2, -0.15) is 5.10 Å². The number of aryl methyl sites for hydroxylation is 1. The lowest BCUT2D eigenvalue weighted by Gasteiger charge is -2.11. The van der Waals surface area contributed by atoms with Crippen LogP contribution in [0.15, 0.2) is 18.3 Å². The molecule has 5 heteroatoms. The summed E-state index contributed by atoms with van der Waals surface area (Å²) >= 11 is 0. The summed E-state index contributed by atoms with van der Waals surface area (Å²) in [6.07, 6.45) is 1.76. The molecular weight excluding hydrogens is 216 g/mol. The summed E-state index contributed by atoms with van der Waals surface area (Å²) in [5.74, 6) is -0.276. The number of nitrogens with zero attached hydrogens (tertiary/aromatic N) is 1. The van der Waals surface area contributed by atoms with E-state index in [1.807, 2.05) is 19.1 Å². The maximum atomic E-state index is 11.8. The first-order valence-corrected chi connectivity index (χ1v) is 5.57. The van der Waals surface area contributed by atoms with Crippen molar-refractivity contribution < 1.29 is 4.79 Å².